The summed E-state index contributed by atoms with van der Waals surface area (Å²) in [5.41, 5.74) is 2.64. The first-order valence-corrected chi connectivity index (χ1v) is 9.95. The molecular weight excluding hydrogens is 378 g/mol. The summed E-state index contributed by atoms with van der Waals surface area (Å²) in [7, 11) is 3.54. The van der Waals surface area contributed by atoms with Crippen molar-refractivity contribution in [1.29, 1.82) is 0 Å². The number of likely N-dealkylation sites (N-methyl/N-ethyl adjacent to an activating group) is 1. The van der Waals surface area contributed by atoms with Crippen LogP contribution in [0.1, 0.15) is 5.69 Å². The van der Waals surface area contributed by atoms with Gasteiger partial charge in [0.25, 0.3) is 0 Å². The summed E-state index contributed by atoms with van der Waals surface area (Å²) >= 11 is 1.56. The Morgan fingerprint density at radius 2 is 2.00 bits per heavy atom. The monoisotopic (exact) mass is 401 g/mol. The van der Waals surface area contributed by atoms with Crippen LogP contribution in [0.5, 0.6) is 5.75 Å². The van der Waals surface area contributed by atoms with E-state index in [1.54, 1.807) is 18.4 Å². The van der Waals surface area contributed by atoms with Crippen LogP contribution < -0.4 is 9.64 Å². The molecule has 3 heterocycles. The normalized spacial score (nSPS) is 14.5. The highest BCUT2D eigenvalue weighted by Gasteiger charge is 2.21. The van der Waals surface area contributed by atoms with Crippen LogP contribution in [0.15, 0.2) is 24.3 Å². The molecule has 0 unspecified atom stereocenters. The molecule has 148 valence electrons. The molecule has 8 nitrogen and oxygen atoms in total. The van der Waals surface area contributed by atoms with Gasteiger partial charge in [0, 0.05) is 20.1 Å². The van der Waals surface area contributed by atoms with E-state index in [-0.39, 0.29) is 5.91 Å². The third-order valence-corrected chi connectivity index (χ3v) is 6.02. The fourth-order valence-electron chi connectivity index (χ4n) is 3.17. The second kappa shape index (κ2) is 7.76. The Bertz CT molecular complexity index is 976. The van der Waals surface area contributed by atoms with E-state index in [9.17, 15) is 4.79 Å². The van der Waals surface area contributed by atoms with E-state index in [4.69, 9.17) is 14.5 Å². The molecule has 2 aromatic heterocycles. The first-order chi connectivity index (χ1) is 13.6. The van der Waals surface area contributed by atoms with Crippen LogP contribution in [-0.4, -0.2) is 72.6 Å². The van der Waals surface area contributed by atoms with Crippen molar-refractivity contribution in [3.8, 4) is 11.4 Å². The smallest absolute Gasteiger partial charge is 0.242 e. The first-order valence-electron chi connectivity index (χ1n) is 9.14. The van der Waals surface area contributed by atoms with Crippen LogP contribution in [0.4, 0.5) is 5.13 Å². The lowest BCUT2D eigenvalue weighted by Crippen LogP contribution is -2.45. The molecule has 0 atom stereocenters. The number of carbonyl (C=O) groups is 1. The molecule has 0 N–H and O–H groups in total. The molecule has 1 saturated heterocycles. The van der Waals surface area contributed by atoms with E-state index in [1.807, 2.05) is 52.7 Å². The lowest BCUT2D eigenvalue weighted by molar-refractivity contribution is -0.133. The van der Waals surface area contributed by atoms with E-state index >= 15 is 0 Å². The molecule has 4 rings (SSSR count). The number of nitrogens with zero attached hydrogens (tertiary/aromatic N) is 5. The Morgan fingerprint density at radius 1 is 1.29 bits per heavy atom. The maximum absolute atomic E-state index is 12.5. The zero-order valence-corrected chi connectivity index (χ0v) is 17.0. The number of benzene rings is 1. The van der Waals surface area contributed by atoms with Gasteiger partial charge in [0.15, 0.2) is 10.8 Å². The number of ether oxygens (including phenoxy) is 2. The highest BCUT2D eigenvalue weighted by molar-refractivity contribution is 7.22. The standard InChI is InChI=1S/C19H23N5O3S/c1-13-17-18(24(21-13)14-4-6-15(26-3)7-5-14)20-19(28-17)22(2)12-16(25)23-8-10-27-11-9-23/h4-7H,8-12H2,1-3H3. The average Bonchev–Trinajstić information content (AvgIpc) is 3.29. The number of amides is 1. The maximum Gasteiger partial charge on any atom is 0.242 e. The molecule has 1 aliphatic rings. The second-order valence-electron chi connectivity index (χ2n) is 6.69. The van der Waals surface area contributed by atoms with Gasteiger partial charge in [-0.2, -0.15) is 10.1 Å². The molecule has 1 aromatic carbocycles. The number of aromatic nitrogens is 3. The van der Waals surface area contributed by atoms with E-state index in [2.05, 4.69) is 5.10 Å². The lowest BCUT2D eigenvalue weighted by Gasteiger charge is -2.28. The molecule has 0 aliphatic carbocycles. The molecular formula is C19H23N5O3S. The number of hydrogen-bond acceptors (Lipinski definition) is 7. The minimum absolute atomic E-state index is 0.0959. The van der Waals surface area contributed by atoms with Crippen LogP contribution in [0.25, 0.3) is 16.0 Å². The fraction of sp³-hybridized carbons (Fsp3) is 0.421. The number of hydrogen-bond donors (Lipinski definition) is 0. The van der Waals surface area contributed by atoms with Gasteiger partial charge in [-0.25, -0.2) is 4.68 Å². The van der Waals surface area contributed by atoms with Crippen molar-refractivity contribution < 1.29 is 14.3 Å². The molecule has 1 fully saturated rings. The highest BCUT2D eigenvalue weighted by Crippen LogP contribution is 2.32. The van der Waals surface area contributed by atoms with Crippen molar-refractivity contribution in [2.45, 2.75) is 6.92 Å². The summed E-state index contributed by atoms with van der Waals surface area (Å²) < 4.78 is 13.4. The number of methoxy groups -OCH3 is 1. The molecule has 0 saturated carbocycles. The number of aryl methyl sites for hydroxylation is 1. The van der Waals surface area contributed by atoms with Gasteiger partial charge >= 0.3 is 0 Å². The predicted octanol–water partition coefficient (Wildman–Crippen LogP) is 2.09. The largest absolute Gasteiger partial charge is 0.497 e. The third-order valence-electron chi connectivity index (χ3n) is 4.76. The quantitative estimate of drug-likeness (QED) is 0.652. The summed E-state index contributed by atoms with van der Waals surface area (Å²) in [6.45, 7) is 4.78. The van der Waals surface area contributed by atoms with Crippen LogP contribution in [0.2, 0.25) is 0 Å². The number of thiazole rings is 1. The van der Waals surface area contributed by atoms with Crippen molar-refractivity contribution in [1.82, 2.24) is 19.7 Å². The molecule has 3 aromatic rings. The topological polar surface area (TPSA) is 72.7 Å². The van der Waals surface area contributed by atoms with Crippen molar-refractivity contribution >= 4 is 32.7 Å². The number of carbonyl (C=O) groups excluding carboxylic acids is 1. The summed E-state index contributed by atoms with van der Waals surface area (Å²) in [5, 5.41) is 5.43. The molecule has 28 heavy (non-hydrogen) atoms. The fourth-order valence-corrected chi connectivity index (χ4v) is 4.12. The van der Waals surface area contributed by atoms with Crippen LogP contribution >= 0.6 is 11.3 Å². The number of anilines is 1. The van der Waals surface area contributed by atoms with E-state index in [0.717, 1.165) is 32.6 Å². The number of morpholine rings is 1. The summed E-state index contributed by atoms with van der Waals surface area (Å²) in [5.74, 6) is 0.891. The third kappa shape index (κ3) is 3.55. The highest BCUT2D eigenvalue weighted by atomic mass is 32.1. The molecule has 0 radical (unpaired) electrons. The van der Waals surface area contributed by atoms with E-state index in [1.165, 1.54) is 0 Å². The van der Waals surface area contributed by atoms with Crippen LogP contribution in [0.3, 0.4) is 0 Å². The van der Waals surface area contributed by atoms with Crippen molar-refractivity contribution in [2.75, 3.05) is 51.9 Å². The zero-order valence-electron chi connectivity index (χ0n) is 16.2. The molecule has 1 amide bonds. The van der Waals surface area contributed by atoms with E-state index in [0.29, 0.717) is 32.8 Å². The van der Waals surface area contributed by atoms with Gasteiger partial charge in [-0.1, -0.05) is 11.3 Å². The summed E-state index contributed by atoms with van der Waals surface area (Å²) in [6, 6.07) is 7.71. The SMILES string of the molecule is COc1ccc(-n2nc(C)c3sc(N(C)CC(=O)N4CCOCC4)nc32)cc1. The summed E-state index contributed by atoms with van der Waals surface area (Å²) in [4.78, 5) is 21.0. The zero-order chi connectivity index (χ0) is 19.7. The first kappa shape index (κ1) is 18.7. The minimum atomic E-state index is 0.0959. The van der Waals surface area contributed by atoms with Crippen LogP contribution in [-0.2, 0) is 9.53 Å². The maximum atomic E-state index is 12.5. The Hall–Kier alpha value is -2.65. The van der Waals surface area contributed by atoms with Gasteiger partial charge in [-0.3, -0.25) is 4.79 Å². The minimum Gasteiger partial charge on any atom is -0.497 e. The Labute approximate surface area is 167 Å². The van der Waals surface area contributed by atoms with Gasteiger partial charge in [-0.05, 0) is 31.2 Å². The lowest BCUT2D eigenvalue weighted by atomic mass is 10.3. The van der Waals surface area contributed by atoms with Gasteiger partial charge in [0.1, 0.15) is 5.75 Å². The van der Waals surface area contributed by atoms with Gasteiger partial charge < -0.3 is 19.3 Å². The predicted molar refractivity (Wildman–Crippen MR) is 109 cm³/mol. The van der Waals surface area contributed by atoms with Crippen molar-refractivity contribution in [3.63, 3.8) is 0 Å². The Kier molecular flexibility index (Phi) is 5.19. The van der Waals surface area contributed by atoms with Gasteiger partial charge in [0.05, 0.1) is 42.9 Å². The molecule has 0 bridgehead atoms. The van der Waals surface area contributed by atoms with Crippen LogP contribution in [0, 0.1) is 6.92 Å². The average molecular weight is 401 g/mol. The van der Waals surface area contributed by atoms with Gasteiger partial charge in [0.2, 0.25) is 5.91 Å². The Balaban J connectivity index is 1.57. The second-order valence-corrected chi connectivity index (χ2v) is 7.67. The molecule has 1 aliphatic heterocycles. The Morgan fingerprint density at radius 3 is 2.68 bits per heavy atom. The van der Waals surface area contributed by atoms with Crippen molar-refractivity contribution in [3.05, 3.63) is 30.0 Å². The number of rotatable bonds is 5. The summed E-state index contributed by atoms with van der Waals surface area (Å²) in [6.07, 6.45) is 0. The molecule has 0 spiro atoms. The van der Waals surface area contributed by atoms with Crippen molar-refractivity contribution in [2.24, 2.45) is 0 Å². The molecule has 9 heteroatoms. The van der Waals surface area contributed by atoms with E-state index < -0.39 is 0 Å². The number of fused-ring (bicyclic) bond motifs is 1. The van der Waals surface area contributed by atoms with Gasteiger partial charge in [-0.15, -0.1) is 0 Å².